The predicted molar refractivity (Wildman–Crippen MR) is 64.7 cm³/mol. The van der Waals surface area contributed by atoms with Gasteiger partial charge >= 0.3 is 5.97 Å². The monoisotopic (exact) mass is 274 g/mol. The molecule has 0 bridgehead atoms. The predicted octanol–water partition coefficient (Wildman–Crippen LogP) is 1.04. The maximum absolute atomic E-state index is 10.5. The number of aromatic carboxylic acids is 1. The Bertz CT molecular complexity index is 361. The van der Waals surface area contributed by atoms with E-state index in [1.54, 1.807) is 7.11 Å². The second-order valence-electron chi connectivity index (χ2n) is 3.49. The van der Waals surface area contributed by atoms with Crippen molar-refractivity contribution in [3.05, 3.63) is 17.9 Å². The Hall–Kier alpha value is -1.57. The minimum absolute atomic E-state index is 0.150. The first-order valence-corrected chi connectivity index (χ1v) is 5.84. The van der Waals surface area contributed by atoms with Crippen LogP contribution in [0.1, 0.15) is 10.6 Å². The molecule has 1 aromatic rings. The molecule has 1 aromatic heterocycles. The van der Waals surface area contributed by atoms with Crippen molar-refractivity contribution >= 4 is 5.97 Å². The first kappa shape index (κ1) is 15.5. The molecule has 1 N–H and O–H groups in total. The number of carboxylic acid groups (broad SMARTS) is 1. The van der Waals surface area contributed by atoms with Gasteiger partial charge in [0.05, 0.1) is 33.0 Å². The van der Waals surface area contributed by atoms with Crippen molar-refractivity contribution in [2.45, 2.75) is 0 Å². The lowest BCUT2D eigenvalue weighted by atomic mass is 10.5. The third-order valence-corrected chi connectivity index (χ3v) is 2.07. The summed E-state index contributed by atoms with van der Waals surface area (Å²) in [5.74, 6) is -1.11. The van der Waals surface area contributed by atoms with E-state index in [0.717, 1.165) is 0 Å². The second-order valence-corrected chi connectivity index (χ2v) is 3.49. The van der Waals surface area contributed by atoms with Crippen LogP contribution in [0.4, 0.5) is 0 Å². The van der Waals surface area contributed by atoms with Crippen molar-refractivity contribution in [1.29, 1.82) is 0 Å². The Kier molecular flexibility index (Phi) is 7.64. The number of rotatable bonds is 11. The molecular weight excluding hydrogens is 256 g/mol. The molecule has 7 heteroatoms. The van der Waals surface area contributed by atoms with Gasteiger partial charge in [-0.1, -0.05) is 0 Å². The zero-order valence-electron chi connectivity index (χ0n) is 10.8. The van der Waals surface area contributed by atoms with Crippen molar-refractivity contribution < 1.29 is 33.3 Å². The van der Waals surface area contributed by atoms with Gasteiger partial charge in [0.15, 0.2) is 0 Å². The number of furan rings is 1. The Morgan fingerprint density at radius 2 is 1.74 bits per heavy atom. The number of methoxy groups -OCH3 is 1. The lowest BCUT2D eigenvalue weighted by Gasteiger charge is -2.05. The summed E-state index contributed by atoms with van der Waals surface area (Å²) in [5.41, 5.74) is 0. The van der Waals surface area contributed by atoms with E-state index in [0.29, 0.717) is 33.0 Å². The van der Waals surface area contributed by atoms with E-state index >= 15 is 0 Å². The molecule has 0 aliphatic heterocycles. The molecule has 0 fully saturated rings. The Morgan fingerprint density at radius 1 is 1.11 bits per heavy atom. The molecule has 0 spiro atoms. The molecule has 0 aromatic carbocycles. The van der Waals surface area contributed by atoms with E-state index in [2.05, 4.69) is 0 Å². The van der Waals surface area contributed by atoms with Crippen LogP contribution in [0.5, 0.6) is 5.95 Å². The summed E-state index contributed by atoms with van der Waals surface area (Å²) < 4.78 is 25.3. The molecule has 7 nitrogen and oxygen atoms in total. The minimum Gasteiger partial charge on any atom is -0.475 e. The zero-order chi connectivity index (χ0) is 13.9. The van der Waals surface area contributed by atoms with Crippen molar-refractivity contribution in [1.82, 2.24) is 0 Å². The average molecular weight is 274 g/mol. The quantitative estimate of drug-likeness (QED) is 0.603. The maximum atomic E-state index is 10.5. The molecule has 0 radical (unpaired) electrons. The largest absolute Gasteiger partial charge is 0.475 e. The maximum Gasteiger partial charge on any atom is 0.371 e. The van der Waals surface area contributed by atoms with Crippen molar-refractivity contribution in [2.24, 2.45) is 0 Å². The van der Waals surface area contributed by atoms with Crippen molar-refractivity contribution in [2.75, 3.05) is 46.8 Å². The molecule has 0 aliphatic rings. The van der Waals surface area contributed by atoms with Gasteiger partial charge in [-0.15, -0.1) is 0 Å². The van der Waals surface area contributed by atoms with Crippen LogP contribution in [0.3, 0.4) is 0 Å². The SMILES string of the molecule is COCCOCCOCCOc1ccc(C(=O)O)o1. The molecule has 108 valence electrons. The number of hydrogen-bond donors (Lipinski definition) is 1. The van der Waals surface area contributed by atoms with Crippen LogP contribution in [-0.4, -0.2) is 57.8 Å². The molecular formula is C12H18O7. The third-order valence-electron chi connectivity index (χ3n) is 2.07. The van der Waals surface area contributed by atoms with Crippen LogP contribution < -0.4 is 4.74 Å². The molecule has 0 saturated carbocycles. The van der Waals surface area contributed by atoms with Gasteiger partial charge in [0.1, 0.15) is 6.61 Å². The zero-order valence-corrected chi connectivity index (χ0v) is 10.8. The van der Waals surface area contributed by atoms with Crippen LogP contribution in [-0.2, 0) is 14.2 Å². The minimum atomic E-state index is -1.13. The fraction of sp³-hybridized carbons (Fsp3) is 0.583. The highest BCUT2D eigenvalue weighted by Gasteiger charge is 2.09. The Morgan fingerprint density at radius 3 is 2.32 bits per heavy atom. The molecule has 0 atom stereocenters. The topological polar surface area (TPSA) is 87.4 Å². The van der Waals surface area contributed by atoms with Gasteiger partial charge in [0.25, 0.3) is 5.95 Å². The summed E-state index contributed by atoms with van der Waals surface area (Å²) in [6.07, 6.45) is 0. The highest BCUT2D eigenvalue weighted by atomic mass is 16.6. The van der Waals surface area contributed by atoms with Crippen molar-refractivity contribution in [3.63, 3.8) is 0 Å². The standard InChI is InChI=1S/C12H18O7/c1-15-4-5-16-6-7-17-8-9-18-11-3-2-10(19-11)12(13)14/h2-3H,4-9H2,1H3,(H,13,14). The van der Waals surface area contributed by atoms with Crippen LogP contribution in [0.25, 0.3) is 0 Å². The van der Waals surface area contributed by atoms with E-state index in [1.165, 1.54) is 12.1 Å². The first-order chi connectivity index (χ1) is 9.24. The molecule has 0 unspecified atom stereocenters. The van der Waals surface area contributed by atoms with Gasteiger partial charge < -0.3 is 28.5 Å². The van der Waals surface area contributed by atoms with Crippen LogP contribution >= 0.6 is 0 Å². The molecule has 1 heterocycles. The molecule has 19 heavy (non-hydrogen) atoms. The van der Waals surface area contributed by atoms with Crippen molar-refractivity contribution in [3.8, 4) is 5.95 Å². The molecule has 0 aliphatic carbocycles. The van der Waals surface area contributed by atoms with Gasteiger partial charge in [0.2, 0.25) is 5.76 Å². The number of ether oxygens (including phenoxy) is 4. The van der Waals surface area contributed by atoms with E-state index in [1.807, 2.05) is 0 Å². The van der Waals surface area contributed by atoms with E-state index < -0.39 is 5.97 Å². The summed E-state index contributed by atoms with van der Waals surface area (Å²) in [4.78, 5) is 10.5. The third kappa shape index (κ3) is 6.80. The number of carboxylic acids is 1. The van der Waals surface area contributed by atoms with Crippen LogP contribution in [0.2, 0.25) is 0 Å². The van der Waals surface area contributed by atoms with Gasteiger partial charge in [0, 0.05) is 13.2 Å². The fourth-order valence-corrected chi connectivity index (χ4v) is 1.18. The highest BCUT2D eigenvalue weighted by molar-refractivity contribution is 5.84. The van der Waals surface area contributed by atoms with Gasteiger partial charge in [-0.2, -0.15) is 0 Å². The number of hydrogen-bond acceptors (Lipinski definition) is 6. The lowest BCUT2D eigenvalue weighted by Crippen LogP contribution is -2.12. The van der Waals surface area contributed by atoms with Crippen LogP contribution in [0.15, 0.2) is 16.5 Å². The van der Waals surface area contributed by atoms with E-state index in [-0.39, 0.29) is 18.3 Å². The number of carbonyl (C=O) groups is 1. The van der Waals surface area contributed by atoms with E-state index in [9.17, 15) is 4.79 Å². The van der Waals surface area contributed by atoms with Gasteiger partial charge in [-0.25, -0.2) is 4.79 Å². The van der Waals surface area contributed by atoms with E-state index in [4.69, 9.17) is 28.5 Å². The Labute approximate surface area is 111 Å². The average Bonchev–Trinajstić information content (AvgIpc) is 2.86. The smallest absolute Gasteiger partial charge is 0.371 e. The summed E-state index contributed by atoms with van der Waals surface area (Å²) in [7, 11) is 1.61. The first-order valence-electron chi connectivity index (χ1n) is 5.84. The second kappa shape index (κ2) is 9.37. The Balaban J connectivity index is 1.97. The summed E-state index contributed by atoms with van der Waals surface area (Å²) in [6, 6.07) is 2.79. The van der Waals surface area contributed by atoms with Gasteiger partial charge in [-0.05, 0) is 6.07 Å². The summed E-state index contributed by atoms with van der Waals surface area (Å²) >= 11 is 0. The summed E-state index contributed by atoms with van der Waals surface area (Å²) in [5, 5.41) is 8.63. The molecule has 1 rings (SSSR count). The lowest BCUT2D eigenvalue weighted by molar-refractivity contribution is 0.0160. The normalized spacial score (nSPS) is 10.6. The summed E-state index contributed by atoms with van der Waals surface area (Å²) in [6.45, 7) is 2.72. The van der Waals surface area contributed by atoms with Gasteiger partial charge in [-0.3, -0.25) is 0 Å². The highest BCUT2D eigenvalue weighted by Crippen LogP contribution is 2.15. The molecule has 0 saturated heterocycles. The molecule has 0 amide bonds. The fourth-order valence-electron chi connectivity index (χ4n) is 1.18. The van der Waals surface area contributed by atoms with Crippen LogP contribution in [0, 0.1) is 0 Å².